The molecule has 0 aromatic heterocycles. The number of nitrogens with one attached hydrogen (secondary N) is 3. The smallest absolute Gasteiger partial charge is 0.00271 e. The average molecular weight is 137 g/mol. The van der Waals surface area contributed by atoms with Crippen molar-refractivity contribution in [1.82, 2.24) is 14.2 Å². The maximum absolute atomic E-state index is 3.14. The molecule has 8 heavy (non-hydrogen) atoms. The summed E-state index contributed by atoms with van der Waals surface area (Å²) in [6, 6.07) is 0. The summed E-state index contributed by atoms with van der Waals surface area (Å²) < 4.78 is 9.42. The highest BCUT2D eigenvalue weighted by molar-refractivity contribution is 8.28. The molecule has 0 unspecified atom stereocenters. The molecule has 0 fully saturated rings. The lowest BCUT2D eigenvalue weighted by Gasteiger charge is -2.33. The van der Waals surface area contributed by atoms with Crippen LogP contribution in [0.25, 0.3) is 0 Å². The fourth-order valence-electron chi connectivity index (χ4n) is 0.306. The van der Waals surface area contributed by atoms with E-state index >= 15 is 0 Å². The molecule has 0 rings (SSSR count). The molecule has 0 saturated carbocycles. The fourth-order valence-corrected chi connectivity index (χ4v) is 0.919. The highest BCUT2D eigenvalue weighted by atomic mass is 32.3. The van der Waals surface area contributed by atoms with Crippen molar-refractivity contribution in [3.8, 4) is 0 Å². The normalized spacial score (nSPS) is 14.0. The van der Waals surface area contributed by atoms with Crippen molar-refractivity contribution in [2.24, 2.45) is 0 Å². The van der Waals surface area contributed by atoms with Gasteiger partial charge in [-0.25, -0.2) is 0 Å². The molecule has 3 N–H and O–H groups in total. The molecule has 0 aromatic carbocycles. The van der Waals surface area contributed by atoms with Gasteiger partial charge in [0, 0.05) is 6.26 Å². The largest absolute Gasteiger partial charge is 0.262 e. The first-order chi connectivity index (χ1) is 3.68. The van der Waals surface area contributed by atoms with Gasteiger partial charge in [0.05, 0.1) is 0 Å². The SMILES string of the molecule is CNS(C)(NC)NC. The van der Waals surface area contributed by atoms with Crippen molar-refractivity contribution >= 4 is 10.6 Å². The Bertz CT molecular complexity index is 54.0. The first-order valence-electron chi connectivity index (χ1n) is 2.52. The van der Waals surface area contributed by atoms with E-state index in [1.54, 1.807) is 0 Å². The summed E-state index contributed by atoms with van der Waals surface area (Å²) in [7, 11) is 4.90. The van der Waals surface area contributed by atoms with Crippen LogP contribution in [0, 0.1) is 0 Å². The van der Waals surface area contributed by atoms with E-state index in [0.717, 1.165) is 0 Å². The molecular formula is C4H15N3S. The lowest BCUT2D eigenvalue weighted by Crippen LogP contribution is -2.35. The standard InChI is InChI=1S/C4H15N3S/c1-5-8(4,6-2)7-3/h5-7H,1-4H3. The van der Waals surface area contributed by atoms with Crippen LogP contribution in [0.4, 0.5) is 0 Å². The second-order valence-corrected chi connectivity index (χ2v) is 4.59. The first kappa shape index (κ1) is 8.23. The van der Waals surface area contributed by atoms with Crippen LogP contribution < -0.4 is 14.2 Å². The third kappa shape index (κ3) is 2.00. The number of hydrogen-bond acceptors (Lipinski definition) is 3. The first-order valence-corrected chi connectivity index (χ1v) is 4.56. The molecule has 0 saturated heterocycles. The Labute approximate surface area is 52.9 Å². The van der Waals surface area contributed by atoms with Crippen LogP contribution in [-0.4, -0.2) is 27.4 Å². The van der Waals surface area contributed by atoms with Gasteiger partial charge < -0.3 is 0 Å². The summed E-state index contributed by atoms with van der Waals surface area (Å²) in [6.07, 6.45) is 2.10. The molecule has 0 aromatic rings. The summed E-state index contributed by atoms with van der Waals surface area (Å²) in [5.74, 6) is 0. The molecule has 0 aliphatic carbocycles. The van der Waals surface area contributed by atoms with Gasteiger partial charge >= 0.3 is 0 Å². The van der Waals surface area contributed by atoms with E-state index in [1.807, 2.05) is 21.1 Å². The monoisotopic (exact) mass is 137 g/mol. The molecule has 0 atom stereocenters. The van der Waals surface area contributed by atoms with Crippen LogP contribution >= 0.6 is 10.6 Å². The summed E-state index contributed by atoms with van der Waals surface area (Å²) >= 11 is 0. The van der Waals surface area contributed by atoms with E-state index in [4.69, 9.17) is 0 Å². The van der Waals surface area contributed by atoms with Crippen molar-refractivity contribution in [3.05, 3.63) is 0 Å². The van der Waals surface area contributed by atoms with E-state index in [9.17, 15) is 0 Å². The summed E-state index contributed by atoms with van der Waals surface area (Å²) in [6.45, 7) is 0. The van der Waals surface area contributed by atoms with Gasteiger partial charge in [-0.2, -0.15) is 0 Å². The van der Waals surface area contributed by atoms with Crippen molar-refractivity contribution < 1.29 is 0 Å². The molecule has 52 valence electrons. The van der Waals surface area contributed by atoms with Crippen molar-refractivity contribution in [2.45, 2.75) is 0 Å². The second-order valence-electron chi connectivity index (χ2n) is 1.53. The van der Waals surface area contributed by atoms with Crippen molar-refractivity contribution in [3.63, 3.8) is 0 Å². The summed E-state index contributed by atoms with van der Waals surface area (Å²) in [5.41, 5.74) is 0. The molecule has 0 aliphatic heterocycles. The number of hydrogen-bond donors (Lipinski definition) is 3. The zero-order valence-electron chi connectivity index (χ0n) is 5.91. The Hall–Kier alpha value is 0.230. The Morgan fingerprint density at radius 2 is 1.12 bits per heavy atom. The van der Waals surface area contributed by atoms with Gasteiger partial charge in [0.2, 0.25) is 0 Å². The van der Waals surface area contributed by atoms with Crippen LogP contribution in [0.1, 0.15) is 0 Å². The summed E-state index contributed by atoms with van der Waals surface area (Å²) in [4.78, 5) is 0. The number of rotatable bonds is 3. The second kappa shape index (κ2) is 3.29. The van der Waals surface area contributed by atoms with Gasteiger partial charge in [0.15, 0.2) is 0 Å². The van der Waals surface area contributed by atoms with E-state index in [-0.39, 0.29) is 0 Å². The maximum atomic E-state index is 3.14. The predicted molar refractivity (Wildman–Crippen MR) is 40.7 cm³/mol. The lowest BCUT2D eigenvalue weighted by molar-refractivity contribution is 1.07. The average Bonchev–Trinajstić information content (AvgIpc) is 1.87. The van der Waals surface area contributed by atoms with Gasteiger partial charge in [-0.1, -0.05) is 10.6 Å². The van der Waals surface area contributed by atoms with Gasteiger partial charge in [0.25, 0.3) is 0 Å². The minimum atomic E-state index is -0.903. The van der Waals surface area contributed by atoms with E-state index < -0.39 is 10.6 Å². The highest BCUT2D eigenvalue weighted by Gasteiger charge is 2.05. The van der Waals surface area contributed by atoms with Gasteiger partial charge in [-0.3, -0.25) is 14.2 Å². The molecular weight excluding hydrogens is 122 g/mol. The predicted octanol–water partition coefficient (Wildman–Crippen LogP) is -0.176. The van der Waals surface area contributed by atoms with Crippen molar-refractivity contribution in [1.29, 1.82) is 0 Å². The van der Waals surface area contributed by atoms with Crippen molar-refractivity contribution in [2.75, 3.05) is 27.4 Å². The van der Waals surface area contributed by atoms with Gasteiger partial charge in [-0.15, -0.1) is 0 Å². The summed E-state index contributed by atoms with van der Waals surface area (Å²) in [5, 5.41) is 0. The lowest BCUT2D eigenvalue weighted by atomic mass is 11.6. The Kier molecular flexibility index (Phi) is 3.39. The Balaban J connectivity index is 3.58. The van der Waals surface area contributed by atoms with Crippen LogP contribution in [-0.2, 0) is 0 Å². The third-order valence-corrected chi connectivity index (χ3v) is 3.67. The topological polar surface area (TPSA) is 36.1 Å². The van der Waals surface area contributed by atoms with Crippen LogP contribution in [0.3, 0.4) is 0 Å². The minimum Gasteiger partial charge on any atom is -0.262 e. The molecule has 0 spiro atoms. The van der Waals surface area contributed by atoms with Gasteiger partial charge in [0.1, 0.15) is 0 Å². The van der Waals surface area contributed by atoms with Crippen LogP contribution in [0.15, 0.2) is 0 Å². The molecule has 4 heteroatoms. The molecule has 0 heterocycles. The highest BCUT2D eigenvalue weighted by Crippen LogP contribution is 2.24. The zero-order valence-corrected chi connectivity index (χ0v) is 6.72. The molecule has 0 amide bonds. The fraction of sp³-hybridized carbons (Fsp3) is 1.00. The Morgan fingerprint density at radius 3 is 1.12 bits per heavy atom. The molecule has 0 bridgehead atoms. The van der Waals surface area contributed by atoms with Crippen LogP contribution in [0.2, 0.25) is 0 Å². The van der Waals surface area contributed by atoms with E-state index in [1.165, 1.54) is 0 Å². The van der Waals surface area contributed by atoms with Crippen LogP contribution in [0.5, 0.6) is 0 Å². The molecule has 0 radical (unpaired) electrons. The zero-order chi connectivity index (χ0) is 6.62. The van der Waals surface area contributed by atoms with E-state index in [2.05, 4.69) is 20.4 Å². The van der Waals surface area contributed by atoms with Gasteiger partial charge in [-0.05, 0) is 21.1 Å². The maximum Gasteiger partial charge on any atom is 0.00271 e. The Morgan fingerprint density at radius 1 is 0.875 bits per heavy atom. The molecule has 3 nitrogen and oxygen atoms in total. The molecule has 0 aliphatic rings. The third-order valence-electron chi connectivity index (χ3n) is 1.22. The minimum absolute atomic E-state index is 0.903. The van der Waals surface area contributed by atoms with E-state index in [0.29, 0.717) is 0 Å². The quantitative estimate of drug-likeness (QED) is 0.505.